The van der Waals surface area contributed by atoms with E-state index < -0.39 is 0 Å². The van der Waals surface area contributed by atoms with Gasteiger partial charge in [-0.1, -0.05) is 24.3 Å². The quantitative estimate of drug-likeness (QED) is 0.892. The van der Waals surface area contributed by atoms with E-state index in [0.29, 0.717) is 13.2 Å². The van der Waals surface area contributed by atoms with Gasteiger partial charge in [0.1, 0.15) is 0 Å². The first-order valence-corrected chi connectivity index (χ1v) is 8.08. The minimum absolute atomic E-state index is 0.0250. The van der Waals surface area contributed by atoms with Crippen LogP contribution >= 0.6 is 0 Å². The lowest BCUT2D eigenvalue weighted by atomic mass is 10.1. The molecule has 1 aromatic carbocycles. The first-order chi connectivity index (χ1) is 10.7. The summed E-state index contributed by atoms with van der Waals surface area (Å²) in [5.74, 6) is 0. The van der Waals surface area contributed by atoms with Crippen molar-refractivity contribution in [2.24, 2.45) is 0 Å². The number of amides is 2. The molecule has 1 aliphatic carbocycles. The number of benzene rings is 1. The molecule has 0 radical (unpaired) electrons. The van der Waals surface area contributed by atoms with Crippen molar-refractivity contribution in [2.45, 2.75) is 44.4 Å². The third-order valence-electron chi connectivity index (χ3n) is 4.76. The molecule has 3 unspecified atom stereocenters. The topological polar surface area (TPSA) is 61.8 Å². The van der Waals surface area contributed by atoms with Crippen LogP contribution in [-0.4, -0.2) is 47.9 Å². The van der Waals surface area contributed by atoms with E-state index in [-0.39, 0.29) is 30.8 Å². The molecule has 2 aliphatic rings. The van der Waals surface area contributed by atoms with Gasteiger partial charge < -0.3 is 20.1 Å². The minimum Gasteiger partial charge on any atom is -0.395 e. The van der Waals surface area contributed by atoms with Gasteiger partial charge in [0.15, 0.2) is 0 Å². The van der Waals surface area contributed by atoms with E-state index in [1.807, 2.05) is 19.1 Å². The van der Waals surface area contributed by atoms with Gasteiger partial charge >= 0.3 is 6.03 Å². The molecule has 3 atom stereocenters. The Bertz CT molecular complexity index is 534. The molecule has 5 nitrogen and oxygen atoms in total. The van der Waals surface area contributed by atoms with Crippen LogP contribution < -0.4 is 5.32 Å². The maximum atomic E-state index is 12.7. The zero-order chi connectivity index (χ0) is 15.5. The third-order valence-corrected chi connectivity index (χ3v) is 4.76. The number of rotatable bonds is 4. The average molecular weight is 304 g/mol. The molecule has 1 saturated heterocycles. The van der Waals surface area contributed by atoms with Crippen molar-refractivity contribution in [3.8, 4) is 0 Å². The van der Waals surface area contributed by atoms with Gasteiger partial charge in [-0.3, -0.25) is 0 Å². The van der Waals surface area contributed by atoms with E-state index in [9.17, 15) is 9.90 Å². The lowest BCUT2D eigenvalue weighted by Crippen LogP contribution is -2.48. The molecule has 0 bridgehead atoms. The van der Waals surface area contributed by atoms with Crippen LogP contribution in [0.2, 0.25) is 0 Å². The molecule has 0 aromatic heterocycles. The van der Waals surface area contributed by atoms with Crippen LogP contribution in [0.4, 0.5) is 4.79 Å². The second-order valence-corrected chi connectivity index (χ2v) is 6.09. The van der Waals surface area contributed by atoms with Crippen molar-refractivity contribution < 1.29 is 14.6 Å². The highest BCUT2D eigenvalue weighted by Crippen LogP contribution is 2.35. The summed E-state index contributed by atoms with van der Waals surface area (Å²) in [5.41, 5.74) is 2.52. The fraction of sp³-hybridized carbons (Fsp3) is 0.588. The molecule has 1 aliphatic heterocycles. The standard InChI is InChI=1S/C17H24N2O3/c1-12-15(8-11-22-12)18-17(21)19(9-10-20)16-7-6-13-4-2-3-5-14(13)16/h2-5,12,15-16,20H,6-11H2,1H3,(H,18,21). The molecule has 120 valence electrons. The molecule has 1 aromatic rings. The second kappa shape index (κ2) is 6.67. The van der Waals surface area contributed by atoms with E-state index in [1.54, 1.807) is 4.90 Å². The number of aliphatic hydroxyl groups excluding tert-OH is 1. The molecule has 2 N–H and O–H groups in total. The monoisotopic (exact) mass is 304 g/mol. The van der Waals surface area contributed by atoms with Gasteiger partial charge in [0.05, 0.1) is 24.8 Å². The van der Waals surface area contributed by atoms with Crippen LogP contribution in [-0.2, 0) is 11.2 Å². The molecule has 0 spiro atoms. The Labute approximate surface area is 131 Å². The third kappa shape index (κ3) is 2.96. The summed E-state index contributed by atoms with van der Waals surface area (Å²) in [6.45, 7) is 3.01. The van der Waals surface area contributed by atoms with Gasteiger partial charge in [0.25, 0.3) is 0 Å². The molecular weight excluding hydrogens is 280 g/mol. The van der Waals surface area contributed by atoms with Crippen molar-refractivity contribution in [2.75, 3.05) is 19.8 Å². The maximum Gasteiger partial charge on any atom is 0.318 e. The van der Waals surface area contributed by atoms with Crippen molar-refractivity contribution in [3.63, 3.8) is 0 Å². The number of carbonyl (C=O) groups is 1. The van der Waals surface area contributed by atoms with Crippen LogP contribution in [0.15, 0.2) is 24.3 Å². The Kier molecular flexibility index (Phi) is 4.64. The molecular formula is C17H24N2O3. The van der Waals surface area contributed by atoms with Crippen LogP contribution in [0.1, 0.15) is 36.9 Å². The van der Waals surface area contributed by atoms with Gasteiger partial charge in [0.2, 0.25) is 0 Å². The number of aryl methyl sites for hydroxylation is 1. The van der Waals surface area contributed by atoms with E-state index in [0.717, 1.165) is 19.3 Å². The Balaban J connectivity index is 1.74. The fourth-order valence-corrected chi connectivity index (χ4v) is 3.53. The van der Waals surface area contributed by atoms with Gasteiger partial charge in [0, 0.05) is 13.2 Å². The number of fused-ring (bicyclic) bond motifs is 1. The minimum atomic E-state index is -0.0990. The summed E-state index contributed by atoms with van der Waals surface area (Å²) in [7, 11) is 0. The smallest absolute Gasteiger partial charge is 0.318 e. The summed E-state index contributed by atoms with van der Waals surface area (Å²) in [4.78, 5) is 14.5. The van der Waals surface area contributed by atoms with Crippen molar-refractivity contribution in [1.82, 2.24) is 10.2 Å². The second-order valence-electron chi connectivity index (χ2n) is 6.09. The number of carbonyl (C=O) groups excluding carboxylic acids is 1. The molecule has 2 amide bonds. The number of nitrogens with zero attached hydrogens (tertiary/aromatic N) is 1. The summed E-state index contributed by atoms with van der Waals surface area (Å²) >= 11 is 0. The zero-order valence-electron chi connectivity index (χ0n) is 13.0. The van der Waals surface area contributed by atoms with E-state index in [2.05, 4.69) is 17.4 Å². The van der Waals surface area contributed by atoms with Gasteiger partial charge in [-0.2, -0.15) is 0 Å². The van der Waals surface area contributed by atoms with Crippen LogP contribution in [0.25, 0.3) is 0 Å². The van der Waals surface area contributed by atoms with Crippen molar-refractivity contribution >= 4 is 6.03 Å². The van der Waals surface area contributed by atoms with Gasteiger partial charge in [-0.15, -0.1) is 0 Å². The molecule has 3 rings (SSSR count). The first-order valence-electron chi connectivity index (χ1n) is 8.08. The van der Waals surface area contributed by atoms with E-state index >= 15 is 0 Å². The molecule has 22 heavy (non-hydrogen) atoms. The largest absolute Gasteiger partial charge is 0.395 e. The van der Waals surface area contributed by atoms with Gasteiger partial charge in [-0.05, 0) is 37.3 Å². The molecule has 5 heteroatoms. The Morgan fingerprint density at radius 3 is 2.95 bits per heavy atom. The number of ether oxygens (including phenoxy) is 1. The Morgan fingerprint density at radius 1 is 1.41 bits per heavy atom. The summed E-state index contributed by atoms with van der Waals surface area (Å²) < 4.78 is 5.51. The fourth-order valence-electron chi connectivity index (χ4n) is 3.53. The Hall–Kier alpha value is -1.59. The molecule has 1 heterocycles. The number of nitrogens with one attached hydrogen (secondary N) is 1. The van der Waals surface area contributed by atoms with E-state index in [1.165, 1.54) is 11.1 Å². The number of urea groups is 1. The van der Waals surface area contributed by atoms with Crippen LogP contribution in [0, 0.1) is 0 Å². The zero-order valence-corrected chi connectivity index (χ0v) is 13.0. The van der Waals surface area contributed by atoms with E-state index in [4.69, 9.17) is 4.74 Å². The van der Waals surface area contributed by atoms with Crippen LogP contribution in [0.5, 0.6) is 0 Å². The molecule has 0 saturated carbocycles. The molecule has 1 fully saturated rings. The first kappa shape index (κ1) is 15.3. The van der Waals surface area contributed by atoms with Crippen molar-refractivity contribution in [1.29, 1.82) is 0 Å². The normalized spacial score (nSPS) is 26.7. The summed E-state index contributed by atoms with van der Waals surface area (Å²) in [6.07, 6.45) is 2.81. The predicted molar refractivity (Wildman–Crippen MR) is 83.6 cm³/mol. The highest BCUT2D eigenvalue weighted by atomic mass is 16.5. The lowest BCUT2D eigenvalue weighted by molar-refractivity contribution is 0.108. The lowest BCUT2D eigenvalue weighted by Gasteiger charge is -2.31. The van der Waals surface area contributed by atoms with Gasteiger partial charge in [-0.25, -0.2) is 4.79 Å². The SMILES string of the molecule is CC1OCCC1NC(=O)N(CCO)C1CCc2ccccc21. The highest BCUT2D eigenvalue weighted by Gasteiger charge is 2.33. The van der Waals surface area contributed by atoms with Crippen LogP contribution in [0.3, 0.4) is 0 Å². The number of hydrogen-bond donors (Lipinski definition) is 2. The maximum absolute atomic E-state index is 12.7. The highest BCUT2D eigenvalue weighted by molar-refractivity contribution is 5.75. The van der Waals surface area contributed by atoms with Crippen molar-refractivity contribution in [3.05, 3.63) is 35.4 Å². The summed E-state index contributed by atoms with van der Waals surface area (Å²) in [6, 6.07) is 8.28. The number of aliphatic hydroxyl groups is 1. The number of hydrogen-bond acceptors (Lipinski definition) is 3. The average Bonchev–Trinajstić information content (AvgIpc) is 3.12. The predicted octanol–water partition coefficient (Wildman–Crippen LogP) is 1.86. The Morgan fingerprint density at radius 2 is 2.23 bits per heavy atom. The summed E-state index contributed by atoms with van der Waals surface area (Å²) in [5, 5.41) is 12.4.